The van der Waals surface area contributed by atoms with Gasteiger partial charge in [0.2, 0.25) is 0 Å². The first kappa shape index (κ1) is 18.5. The van der Waals surface area contributed by atoms with Gasteiger partial charge in [0.25, 0.3) is 0 Å². The van der Waals surface area contributed by atoms with Crippen LogP contribution in [0, 0.1) is 11.8 Å². The van der Waals surface area contributed by atoms with Crippen molar-refractivity contribution >= 4 is 28.9 Å². The lowest BCUT2D eigenvalue weighted by atomic mass is 9.76. The van der Waals surface area contributed by atoms with Crippen LogP contribution in [0.2, 0.25) is 10.0 Å². The Bertz CT molecular complexity index is 894. The van der Waals surface area contributed by atoms with Gasteiger partial charge in [-0.05, 0) is 42.0 Å². The Hall–Kier alpha value is -1.84. The SMILES string of the molecule is CC(C)COc1cccc2c1NC(c1cc(Cl)cc(Cl)c1O)C1CC=CC21. The van der Waals surface area contributed by atoms with E-state index in [-0.39, 0.29) is 22.7 Å². The molecule has 142 valence electrons. The first-order valence-electron chi connectivity index (χ1n) is 9.32. The molecule has 0 radical (unpaired) electrons. The van der Waals surface area contributed by atoms with E-state index in [1.807, 2.05) is 12.1 Å². The highest BCUT2D eigenvalue weighted by Crippen LogP contribution is 2.54. The predicted octanol–water partition coefficient (Wildman–Crippen LogP) is 6.56. The number of fused-ring (bicyclic) bond motifs is 3. The van der Waals surface area contributed by atoms with Crippen molar-refractivity contribution in [1.29, 1.82) is 0 Å². The Balaban J connectivity index is 1.78. The van der Waals surface area contributed by atoms with Crippen LogP contribution in [0.4, 0.5) is 5.69 Å². The molecule has 27 heavy (non-hydrogen) atoms. The number of hydrogen-bond donors (Lipinski definition) is 2. The molecule has 0 amide bonds. The molecule has 2 aromatic rings. The molecule has 1 heterocycles. The van der Waals surface area contributed by atoms with E-state index < -0.39 is 0 Å². The van der Waals surface area contributed by atoms with Gasteiger partial charge in [0.1, 0.15) is 11.5 Å². The molecule has 3 nitrogen and oxygen atoms in total. The minimum Gasteiger partial charge on any atom is -0.506 e. The number of phenols is 1. The molecule has 0 saturated heterocycles. The Kier molecular flexibility index (Phi) is 5.00. The third kappa shape index (κ3) is 3.39. The number of rotatable bonds is 4. The van der Waals surface area contributed by atoms with Crippen molar-refractivity contribution in [2.24, 2.45) is 11.8 Å². The van der Waals surface area contributed by atoms with Gasteiger partial charge in [0.15, 0.2) is 0 Å². The fourth-order valence-corrected chi connectivity index (χ4v) is 4.61. The van der Waals surface area contributed by atoms with E-state index in [0.29, 0.717) is 23.5 Å². The second kappa shape index (κ2) is 7.29. The lowest BCUT2D eigenvalue weighted by molar-refractivity contribution is 0.270. The number of halogens is 2. The topological polar surface area (TPSA) is 41.5 Å². The molecule has 0 aromatic heterocycles. The Morgan fingerprint density at radius 2 is 2.04 bits per heavy atom. The van der Waals surface area contributed by atoms with E-state index in [1.54, 1.807) is 12.1 Å². The van der Waals surface area contributed by atoms with Gasteiger partial charge in [-0.2, -0.15) is 0 Å². The van der Waals surface area contributed by atoms with Crippen LogP contribution in [0.25, 0.3) is 0 Å². The minimum atomic E-state index is -0.0995. The summed E-state index contributed by atoms with van der Waals surface area (Å²) in [6.07, 6.45) is 5.40. The highest BCUT2D eigenvalue weighted by molar-refractivity contribution is 6.35. The lowest BCUT2D eigenvalue weighted by Gasteiger charge is -2.38. The monoisotopic (exact) mass is 403 g/mol. The Morgan fingerprint density at radius 1 is 1.22 bits per heavy atom. The third-order valence-corrected chi connectivity index (χ3v) is 5.83. The molecule has 2 N–H and O–H groups in total. The quantitative estimate of drug-likeness (QED) is 0.567. The van der Waals surface area contributed by atoms with Crippen LogP contribution in [0.1, 0.15) is 43.4 Å². The molecule has 1 aliphatic heterocycles. The standard InChI is InChI=1S/C22H23Cl2NO2/c1-12(2)11-27-19-8-4-7-16-14-5-3-6-15(14)20(25-21(16)19)17-9-13(23)10-18(24)22(17)26/h3-5,7-10,12,14-15,20,25-26H,6,11H2,1-2H3. The smallest absolute Gasteiger partial charge is 0.142 e. The fourth-order valence-electron chi connectivity index (χ4n) is 4.10. The molecule has 1 aliphatic carbocycles. The number of anilines is 1. The molecule has 3 atom stereocenters. The molecule has 0 bridgehead atoms. The number of para-hydroxylation sites is 1. The lowest BCUT2D eigenvalue weighted by Crippen LogP contribution is -2.29. The molecule has 0 spiro atoms. The normalized spacial score (nSPS) is 23.1. The third-order valence-electron chi connectivity index (χ3n) is 5.32. The van der Waals surface area contributed by atoms with Crippen LogP contribution in [-0.4, -0.2) is 11.7 Å². The fraction of sp³-hybridized carbons (Fsp3) is 0.364. The summed E-state index contributed by atoms with van der Waals surface area (Å²) in [6.45, 7) is 4.92. The van der Waals surface area contributed by atoms with E-state index in [2.05, 4.69) is 37.4 Å². The molecule has 0 saturated carbocycles. The minimum absolute atomic E-state index is 0.0910. The van der Waals surface area contributed by atoms with Crippen LogP contribution >= 0.6 is 23.2 Å². The average Bonchev–Trinajstić information content (AvgIpc) is 3.12. The number of hydrogen-bond acceptors (Lipinski definition) is 3. The van der Waals surface area contributed by atoms with Crippen molar-refractivity contribution in [1.82, 2.24) is 0 Å². The highest BCUT2D eigenvalue weighted by Gasteiger charge is 2.40. The molecule has 5 heteroatoms. The number of benzene rings is 2. The molecule has 2 aliphatic rings. The van der Waals surface area contributed by atoms with Crippen LogP contribution in [0.5, 0.6) is 11.5 Å². The van der Waals surface area contributed by atoms with Gasteiger partial charge in [0, 0.05) is 16.5 Å². The van der Waals surface area contributed by atoms with Gasteiger partial charge in [-0.3, -0.25) is 0 Å². The molecule has 3 unspecified atom stereocenters. The van der Waals surface area contributed by atoms with Gasteiger partial charge in [-0.1, -0.05) is 61.3 Å². The Morgan fingerprint density at radius 3 is 2.81 bits per heavy atom. The zero-order valence-corrected chi connectivity index (χ0v) is 16.9. The first-order chi connectivity index (χ1) is 13.0. The molecular weight excluding hydrogens is 381 g/mol. The number of aromatic hydroxyl groups is 1. The Labute approximate surface area is 170 Å². The molecule has 0 fully saturated rings. The largest absolute Gasteiger partial charge is 0.506 e. The number of phenolic OH excluding ortho intramolecular Hbond substituents is 1. The average molecular weight is 404 g/mol. The van der Waals surface area contributed by atoms with Gasteiger partial charge < -0.3 is 15.2 Å². The second-order valence-electron chi connectivity index (χ2n) is 7.73. The number of ether oxygens (including phenoxy) is 1. The highest BCUT2D eigenvalue weighted by atomic mass is 35.5. The van der Waals surface area contributed by atoms with Crippen LogP contribution in [0.3, 0.4) is 0 Å². The van der Waals surface area contributed by atoms with Crippen molar-refractivity contribution in [3.63, 3.8) is 0 Å². The van der Waals surface area contributed by atoms with Crippen LogP contribution in [-0.2, 0) is 0 Å². The van der Waals surface area contributed by atoms with E-state index in [4.69, 9.17) is 27.9 Å². The summed E-state index contributed by atoms with van der Waals surface area (Å²) in [5.41, 5.74) is 2.96. The van der Waals surface area contributed by atoms with Crippen molar-refractivity contribution in [3.05, 3.63) is 63.7 Å². The second-order valence-corrected chi connectivity index (χ2v) is 8.57. The predicted molar refractivity (Wildman–Crippen MR) is 111 cm³/mol. The van der Waals surface area contributed by atoms with E-state index in [0.717, 1.165) is 23.4 Å². The maximum absolute atomic E-state index is 10.6. The maximum Gasteiger partial charge on any atom is 0.142 e. The maximum atomic E-state index is 10.6. The van der Waals surface area contributed by atoms with E-state index in [9.17, 15) is 5.11 Å². The molecule has 2 aromatic carbocycles. The van der Waals surface area contributed by atoms with Crippen molar-refractivity contribution < 1.29 is 9.84 Å². The summed E-state index contributed by atoms with van der Waals surface area (Å²) in [5, 5.41) is 15.0. The summed E-state index contributed by atoms with van der Waals surface area (Å²) >= 11 is 12.4. The van der Waals surface area contributed by atoms with Crippen molar-refractivity contribution in [2.75, 3.05) is 11.9 Å². The number of allylic oxidation sites excluding steroid dienone is 2. The zero-order chi connectivity index (χ0) is 19.1. The molecule has 4 rings (SSSR count). The van der Waals surface area contributed by atoms with Crippen molar-refractivity contribution in [2.45, 2.75) is 32.2 Å². The molecular formula is C22H23Cl2NO2. The summed E-state index contributed by atoms with van der Waals surface area (Å²) in [5.74, 6) is 1.94. The first-order valence-corrected chi connectivity index (χ1v) is 10.1. The number of nitrogens with one attached hydrogen (secondary N) is 1. The van der Waals surface area contributed by atoms with Crippen LogP contribution < -0.4 is 10.1 Å². The van der Waals surface area contributed by atoms with Gasteiger partial charge in [-0.25, -0.2) is 0 Å². The van der Waals surface area contributed by atoms with Crippen molar-refractivity contribution in [3.8, 4) is 11.5 Å². The van der Waals surface area contributed by atoms with E-state index in [1.165, 1.54) is 5.56 Å². The van der Waals surface area contributed by atoms with Gasteiger partial charge in [-0.15, -0.1) is 0 Å². The summed E-state index contributed by atoms with van der Waals surface area (Å²) in [4.78, 5) is 0. The summed E-state index contributed by atoms with van der Waals surface area (Å²) in [7, 11) is 0. The van der Waals surface area contributed by atoms with Gasteiger partial charge >= 0.3 is 0 Å². The summed E-state index contributed by atoms with van der Waals surface area (Å²) in [6, 6.07) is 9.47. The van der Waals surface area contributed by atoms with Crippen LogP contribution in [0.15, 0.2) is 42.5 Å². The zero-order valence-electron chi connectivity index (χ0n) is 15.4. The van der Waals surface area contributed by atoms with Gasteiger partial charge in [0.05, 0.1) is 23.4 Å². The van der Waals surface area contributed by atoms with E-state index >= 15 is 0 Å². The summed E-state index contributed by atoms with van der Waals surface area (Å²) < 4.78 is 6.08.